The molecule has 2 aliphatic heterocycles. The summed E-state index contributed by atoms with van der Waals surface area (Å²) < 4.78 is 11.2. The molecule has 1 atom stereocenters. The molecule has 0 saturated heterocycles. The van der Waals surface area contributed by atoms with E-state index in [1.807, 2.05) is 23.1 Å². The first-order chi connectivity index (χ1) is 12.7. The third-order valence-corrected chi connectivity index (χ3v) is 5.13. The predicted molar refractivity (Wildman–Crippen MR) is 94.5 cm³/mol. The molecule has 4 rings (SSSR count). The second kappa shape index (κ2) is 6.82. The standard InChI is InChI=1S/C19H21N3O4/c1-25-16-4-2-3-12-9-13(10-26-17(12)16)19(24)22-7-5-14-15(6-8-22)20-11-21-18(14)23/h2-4,11,13H,5-10H2,1H3,(H,20,21,23)/t13-/m1/s1. The molecule has 2 aromatic rings. The van der Waals surface area contributed by atoms with Gasteiger partial charge in [0.2, 0.25) is 5.91 Å². The first kappa shape index (κ1) is 16.6. The van der Waals surface area contributed by atoms with Crippen LogP contribution in [0.3, 0.4) is 0 Å². The number of fused-ring (bicyclic) bond motifs is 2. The molecular weight excluding hydrogens is 334 g/mol. The molecule has 0 radical (unpaired) electrons. The fourth-order valence-electron chi connectivity index (χ4n) is 3.73. The maximum Gasteiger partial charge on any atom is 0.254 e. The van der Waals surface area contributed by atoms with Crippen LogP contribution in [0.15, 0.2) is 29.3 Å². The van der Waals surface area contributed by atoms with E-state index < -0.39 is 0 Å². The Labute approximate surface area is 151 Å². The monoisotopic (exact) mass is 355 g/mol. The highest BCUT2D eigenvalue weighted by atomic mass is 16.5. The highest BCUT2D eigenvalue weighted by molar-refractivity contribution is 5.80. The first-order valence-corrected chi connectivity index (χ1v) is 8.80. The molecule has 2 aliphatic rings. The topological polar surface area (TPSA) is 84.5 Å². The second-order valence-electron chi connectivity index (χ2n) is 6.64. The van der Waals surface area contributed by atoms with Crippen LogP contribution < -0.4 is 15.0 Å². The normalized spacial score (nSPS) is 19.0. The smallest absolute Gasteiger partial charge is 0.254 e. The van der Waals surface area contributed by atoms with E-state index in [9.17, 15) is 9.59 Å². The Hall–Kier alpha value is -2.83. The van der Waals surface area contributed by atoms with Crippen molar-refractivity contribution < 1.29 is 14.3 Å². The van der Waals surface area contributed by atoms with E-state index >= 15 is 0 Å². The number of aromatic amines is 1. The number of para-hydroxylation sites is 1. The van der Waals surface area contributed by atoms with E-state index in [1.54, 1.807) is 7.11 Å². The summed E-state index contributed by atoms with van der Waals surface area (Å²) >= 11 is 0. The molecule has 3 heterocycles. The molecule has 7 heteroatoms. The number of H-pyrrole nitrogens is 1. The number of hydrogen-bond acceptors (Lipinski definition) is 5. The molecule has 0 bridgehead atoms. The average Bonchev–Trinajstić information content (AvgIpc) is 2.90. The van der Waals surface area contributed by atoms with Gasteiger partial charge >= 0.3 is 0 Å². The molecule has 0 unspecified atom stereocenters. The maximum atomic E-state index is 13.0. The Morgan fingerprint density at radius 2 is 2.19 bits per heavy atom. The van der Waals surface area contributed by atoms with E-state index in [0.29, 0.717) is 50.3 Å². The Morgan fingerprint density at radius 1 is 1.35 bits per heavy atom. The number of hydrogen-bond donors (Lipinski definition) is 1. The fourth-order valence-corrected chi connectivity index (χ4v) is 3.73. The quantitative estimate of drug-likeness (QED) is 0.867. The zero-order valence-corrected chi connectivity index (χ0v) is 14.7. The van der Waals surface area contributed by atoms with Crippen molar-refractivity contribution >= 4 is 5.91 Å². The van der Waals surface area contributed by atoms with Gasteiger partial charge in [-0.3, -0.25) is 9.59 Å². The predicted octanol–water partition coefficient (Wildman–Crippen LogP) is 0.957. The molecule has 136 valence electrons. The third-order valence-electron chi connectivity index (χ3n) is 5.13. The molecule has 1 aromatic carbocycles. The van der Waals surface area contributed by atoms with Crippen LogP contribution in [0.5, 0.6) is 11.5 Å². The Bertz CT molecular complexity index is 893. The number of carbonyl (C=O) groups excluding carboxylic acids is 1. The summed E-state index contributed by atoms with van der Waals surface area (Å²) in [5.41, 5.74) is 2.37. The number of ether oxygens (including phenoxy) is 2. The van der Waals surface area contributed by atoms with Crippen molar-refractivity contribution in [3.05, 3.63) is 51.7 Å². The van der Waals surface area contributed by atoms with E-state index in [-0.39, 0.29) is 17.4 Å². The summed E-state index contributed by atoms with van der Waals surface area (Å²) in [5, 5.41) is 0. The summed E-state index contributed by atoms with van der Waals surface area (Å²) in [6.07, 6.45) is 3.19. The van der Waals surface area contributed by atoms with Gasteiger partial charge in [0.05, 0.1) is 25.0 Å². The van der Waals surface area contributed by atoms with Gasteiger partial charge in [0.25, 0.3) is 5.56 Å². The van der Waals surface area contributed by atoms with Gasteiger partial charge < -0.3 is 19.4 Å². The number of benzene rings is 1. The van der Waals surface area contributed by atoms with E-state index in [0.717, 1.165) is 17.0 Å². The number of rotatable bonds is 2. The van der Waals surface area contributed by atoms with Crippen molar-refractivity contribution in [3.63, 3.8) is 0 Å². The van der Waals surface area contributed by atoms with E-state index in [4.69, 9.17) is 9.47 Å². The van der Waals surface area contributed by atoms with Gasteiger partial charge in [-0.05, 0) is 24.5 Å². The molecule has 1 aromatic heterocycles. The zero-order valence-electron chi connectivity index (χ0n) is 14.7. The number of methoxy groups -OCH3 is 1. The van der Waals surface area contributed by atoms with Crippen LogP contribution in [-0.2, 0) is 24.1 Å². The highest BCUT2D eigenvalue weighted by Crippen LogP contribution is 2.36. The average molecular weight is 355 g/mol. The lowest BCUT2D eigenvalue weighted by molar-refractivity contribution is -0.136. The van der Waals surface area contributed by atoms with Crippen LogP contribution >= 0.6 is 0 Å². The third kappa shape index (κ3) is 2.94. The van der Waals surface area contributed by atoms with Gasteiger partial charge in [-0.1, -0.05) is 12.1 Å². The van der Waals surface area contributed by atoms with Crippen LogP contribution in [0, 0.1) is 5.92 Å². The van der Waals surface area contributed by atoms with Crippen molar-refractivity contribution in [1.82, 2.24) is 14.9 Å². The van der Waals surface area contributed by atoms with Gasteiger partial charge in [0.15, 0.2) is 11.5 Å². The molecular formula is C19H21N3O4. The summed E-state index contributed by atoms with van der Waals surface area (Å²) in [5.74, 6) is 1.28. The van der Waals surface area contributed by atoms with Gasteiger partial charge in [0.1, 0.15) is 6.61 Å². The van der Waals surface area contributed by atoms with Crippen LogP contribution in [0.2, 0.25) is 0 Å². The van der Waals surface area contributed by atoms with Crippen molar-refractivity contribution in [3.8, 4) is 11.5 Å². The van der Waals surface area contributed by atoms with Crippen LogP contribution in [0.25, 0.3) is 0 Å². The van der Waals surface area contributed by atoms with E-state index in [2.05, 4.69) is 9.97 Å². The number of amides is 1. The molecule has 1 N–H and O–H groups in total. The number of nitrogens with zero attached hydrogens (tertiary/aromatic N) is 2. The molecule has 0 spiro atoms. The lowest BCUT2D eigenvalue weighted by atomic mass is 9.95. The second-order valence-corrected chi connectivity index (χ2v) is 6.64. The number of aromatic nitrogens is 2. The molecule has 0 aliphatic carbocycles. The van der Waals surface area contributed by atoms with E-state index in [1.165, 1.54) is 6.33 Å². The summed E-state index contributed by atoms with van der Waals surface area (Å²) in [4.78, 5) is 33.7. The van der Waals surface area contributed by atoms with Gasteiger partial charge in [0, 0.05) is 25.1 Å². The van der Waals surface area contributed by atoms with Gasteiger partial charge in [-0.25, -0.2) is 4.98 Å². The Morgan fingerprint density at radius 3 is 3.04 bits per heavy atom. The maximum absolute atomic E-state index is 13.0. The zero-order chi connectivity index (χ0) is 18.1. The SMILES string of the molecule is COc1cccc2c1OC[C@H](C(=O)N1CCc3nc[nH]c(=O)c3CC1)C2. The fraction of sp³-hybridized carbons (Fsp3) is 0.421. The summed E-state index contributed by atoms with van der Waals surface area (Å²) in [6.45, 7) is 1.44. The van der Waals surface area contributed by atoms with Gasteiger partial charge in [-0.15, -0.1) is 0 Å². The first-order valence-electron chi connectivity index (χ1n) is 8.80. The van der Waals surface area contributed by atoms with Gasteiger partial charge in [-0.2, -0.15) is 0 Å². The molecule has 0 fully saturated rings. The number of nitrogens with one attached hydrogen (secondary N) is 1. The largest absolute Gasteiger partial charge is 0.493 e. The lowest BCUT2D eigenvalue weighted by Gasteiger charge is -2.30. The van der Waals surface area contributed by atoms with Crippen molar-refractivity contribution in [2.75, 3.05) is 26.8 Å². The minimum atomic E-state index is -0.220. The van der Waals surface area contributed by atoms with Crippen LogP contribution in [-0.4, -0.2) is 47.6 Å². The summed E-state index contributed by atoms with van der Waals surface area (Å²) in [7, 11) is 1.61. The minimum absolute atomic E-state index is 0.0719. The van der Waals surface area contributed by atoms with Crippen LogP contribution in [0.4, 0.5) is 0 Å². The Kier molecular flexibility index (Phi) is 4.36. The number of carbonyl (C=O) groups is 1. The van der Waals surface area contributed by atoms with Crippen molar-refractivity contribution in [1.29, 1.82) is 0 Å². The molecule has 26 heavy (non-hydrogen) atoms. The molecule has 1 amide bonds. The molecule has 0 saturated carbocycles. The van der Waals surface area contributed by atoms with Crippen molar-refractivity contribution in [2.24, 2.45) is 5.92 Å². The molecule has 7 nitrogen and oxygen atoms in total. The van der Waals surface area contributed by atoms with Crippen LogP contribution in [0.1, 0.15) is 16.8 Å². The highest BCUT2D eigenvalue weighted by Gasteiger charge is 2.32. The van der Waals surface area contributed by atoms with Crippen molar-refractivity contribution in [2.45, 2.75) is 19.3 Å². The lowest BCUT2D eigenvalue weighted by Crippen LogP contribution is -2.42. The Balaban J connectivity index is 1.49. The summed E-state index contributed by atoms with van der Waals surface area (Å²) in [6, 6.07) is 5.74. The minimum Gasteiger partial charge on any atom is -0.493 e.